The molecule has 2 rings (SSSR count). The van der Waals surface area contributed by atoms with Gasteiger partial charge in [-0.1, -0.05) is 0 Å². The van der Waals surface area contributed by atoms with Crippen LogP contribution >= 0.6 is 22.6 Å². The van der Waals surface area contributed by atoms with Gasteiger partial charge in [0.25, 0.3) is 11.6 Å². The van der Waals surface area contributed by atoms with Crippen molar-refractivity contribution in [1.82, 2.24) is 10.2 Å². The minimum Gasteiger partial charge on any atom is -0.448 e. The van der Waals surface area contributed by atoms with Crippen molar-refractivity contribution in [2.24, 2.45) is 0 Å². The second kappa shape index (κ2) is 7.38. The van der Waals surface area contributed by atoms with Gasteiger partial charge in [0.2, 0.25) is 0 Å². The van der Waals surface area contributed by atoms with Gasteiger partial charge in [0.05, 0.1) is 17.0 Å². The first-order chi connectivity index (χ1) is 10.5. The lowest BCUT2D eigenvalue weighted by molar-refractivity contribution is -0.384. The van der Waals surface area contributed by atoms with Gasteiger partial charge < -0.3 is 15.0 Å². The van der Waals surface area contributed by atoms with Gasteiger partial charge in [-0.3, -0.25) is 14.9 Å². The lowest BCUT2D eigenvalue weighted by Gasteiger charge is -2.12. The highest BCUT2D eigenvalue weighted by Crippen LogP contribution is 2.19. The number of nitrogens with one attached hydrogen (secondary N) is 1. The van der Waals surface area contributed by atoms with Gasteiger partial charge in [-0.15, -0.1) is 0 Å². The van der Waals surface area contributed by atoms with E-state index in [0.717, 1.165) is 0 Å². The first kappa shape index (κ1) is 16.5. The van der Waals surface area contributed by atoms with Crippen LogP contribution in [0.25, 0.3) is 0 Å². The standard InChI is InChI=1S/C13H14IN3O5/c14-11-8-9(17(20)21)2-3-10(11)12(18)15-4-1-5-16-6-7-22-13(16)19/h2-3,8H,1,4-7H2,(H,15,18). The lowest BCUT2D eigenvalue weighted by atomic mass is 10.2. The Kier molecular flexibility index (Phi) is 5.52. The molecular formula is C13H14IN3O5. The maximum absolute atomic E-state index is 12.0. The van der Waals surface area contributed by atoms with Gasteiger partial charge in [-0.05, 0) is 35.1 Å². The highest BCUT2D eigenvalue weighted by atomic mass is 127. The molecule has 8 nitrogen and oxygen atoms in total. The van der Waals surface area contributed by atoms with Crippen molar-refractivity contribution in [2.45, 2.75) is 6.42 Å². The number of hydrogen-bond acceptors (Lipinski definition) is 5. The van der Waals surface area contributed by atoms with E-state index in [0.29, 0.717) is 41.8 Å². The molecule has 1 heterocycles. The van der Waals surface area contributed by atoms with Crippen LogP contribution in [0.2, 0.25) is 0 Å². The first-order valence-electron chi connectivity index (χ1n) is 6.63. The van der Waals surface area contributed by atoms with E-state index in [1.807, 2.05) is 22.6 Å². The molecule has 0 radical (unpaired) electrons. The first-order valence-corrected chi connectivity index (χ1v) is 7.71. The fraction of sp³-hybridized carbons (Fsp3) is 0.385. The monoisotopic (exact) mass is 419 g/mol. The number of cyclic esters (lactones) is 1. The highest BCUT2D eigenvalue weighted by molar-refractivity contribution is 14.1. The molecule has 0 aromatic heterocycles. The third kappa shape index (κ3) is 4.06. The molecule has 1 aromatic rings. The summed E-state index contributed by atoms with van der Waals surface area (Å²) >= 11 is 1.89. The Bertz CT molecular complexity index is 607. The van der Waals surface area contributed by atoms with Crippen LogP contribution in [0.3, 0.4) is 0 Å². The molecule has 0 aliphatic carbocycles. The van der Waals surface area contributed by atoms with Crippen LogP contribution in [0.4, 0.5) is 10.5 Å². The van der Waals surface area contributed by atoms with Gasteiger partial charge in [0, 0.05) is 28.8 Å². The van der Waals surface area contributed by atoms with Gasteiger partial charge in [0.15, 0.2) is 0 Å². The summed E-state index contributed by atoms with van der Waals surface area (Å²) in [5.41, 5.74) is 0.347. The summed E-state index contributed by atoms with van der Waals surface area (Å²) in [7, 11) is 0. The van der Waals surface area contributed by atoms with E-state index in [1.165, 1.54) is 18.2 Å². The van der Waals surface area contributed by atoms with Crippen LogP contribution in [0.5, 0.6) is 0 Å². The molecule has 1 aliphatic heterocycles. The van der Waals surface area contributed by atoms with Crippen molar-refractivity contribution in [1.29, 1.82) is 0 Å². The molecule has 0 atom stereocenters. The Morgan fingerprint density at radius 1 is 1.50 bits per heavy atom. The normalized spacial score (nSPS) is 13.9. The van der Waals surface area contributed by atoms with E-state index in [1.54, 1.807) is 4.90 Å². The number of ether oxygens (including phenoxy) is 1. The molecule has 0 saturated carbocycles. The summed E-state index contributed by atoms with van der Waals surface area (Å²) in [6, 6.07) is 4.10. The quantitative estimate of drug-likeness (QED) is 0.328. The van der Waals surface area contributed by atoms with Gasteiger partial charge >= 0.3 is 6.09 Å². The van der Waals surface area contributed by atoms with Crippen molar-refractivity contribution >= 4 is 40.3 Å². The number of amides is 2. The van der Waals surface area contributed by atoms with E-state index in [-0.39, 0.29) is 17.7 Å². The van der Waals surface area contributed by atoms with Crippen LogP contribution in [-0.4, -0.2) is 48.1 Å². The zero-order valence-corrected chi connectivity index (χ0v) is 13.7. The number of rotatable bonds is 6. The molecule has 1 saturated heterocycles. The minimum atomic E-state index is -0.501. The summed E-state index contributed by atoms with van der Waals surface area (Å²) in [6.07, 6.45) is 0.293. The number of carbonyl (C=O) groups excluding carboxylic acids is 2. The van der Waals surface area contributed by atoms with Crippen molar-refractivity contribution in [3.8, 4) is 0 Å². The minimum absolute atomic E-state index is 0.0477. The average Bonchev–Trinajstić information content (AvgIpc) is 2.88. The highest BCUT2D eigenvalue weighted by Gasteiger charge is 2.21. The molecular weight excluding hydrogens is 405 g/mol. The maximum Gasteiger partial charge on any atom is 0.409 e. The van der Waals surface area contributed by atoms with Crippen molar-refractivity contribution in [3.63, 3.8) is 0 Å². The summed E-state index contributed by atoms with van der Waals surface area (Å²) in [5, 5.41) is 13.4. The number of carbonyl (C=O) groups is 2. The lowest BCUT2D eigenvalue weighted by Crippen LogP contribution is -2.30. The number of halogens is 1. The van der Waals surface area contributed by atoms with Crippen LogP contribution in [-0.2, 0) is 4.74 Å². The second-order valence-corrected chi connectivity index (χ2v) is 5.79. The molecule has 0 spiro atoms. The summed E-state index contributed by atoms with van der Waals surface area (Å²) in [6.45, 7) is 1.92. The van der Waals surface area contributed by atoms with E-state index in [2.05, 4.69) is 5.32 Å². The van der Waals surface area contributed by atoms with Crippen molar-refractivity contribution in [3.05, 3.63) is 37.4 Å². The predicted octanol–water partition coefficient (Wildman–Crippen LogP) is 1.77. The Labute approximate surface area is 140 Å². The van der Waals surface area contributed by atoms with Crippen molar-refractivity contribution < 1.29 is 19.2 Å². The zero-order valence-electron chi connectivity index (χ0n) is 11.6. The molecule has 1 aliphatic rings. The van der Waals surface area contributed by atoms with Crippen LogP contribution < -0.4 is 5.32 Å². The van der Waals surface area contributed by atoms with Crippen LogP contribution in [0.1, 0.15) is 16.8 Å². The number of nitro benzene ring substituents is 1. The SMILES string of the molecule is O=C(NCCCN1CCOC1=O)c1ccc([N+](=O)[O-])cc1I. The van der Waals surface area contributed by atoms with Crippen molar-refractivity contribution in [2.75, 3.05) is 26.2 Å². The average molecular weight is 419 g/mol. The smallest absolute Gasteiger partial charge is 0.409 e. The maximum atomic E-state index is 12.0. The van der Waals surface area contributed by atoms with E-state index in [4.69, 9.17) is 4.74 Å². The second-order valence-electron chi connectivity index (χ2n) is 4.63. The zero-order chi connectivity index (χ0) is 16.1. The molecule has 0 bridgehead atoms. The molecule has 118 valence electrons. The Morgan fingerprint density at radius 3 is 2.86 bits per heavy atom. The van der Waals surface area contributed by atoms with Gasteiger partial charge in [-0.2, -0.15) is 0 Å². The number of nitrogens with zero attached hydrogens (tertiary/aromatic N) is 2. The number of non-ortho nitro benzene ring substituents is 1. The topological polar surface area (TPSA) is 102 Å². The number of nitro groups is 1. The molecule has 9 heteroatoms. The van der Waals surface area contributed by atoms with Gasteiger partial charge in [-0.25, -0.2) is 4.79 Å². The molecule has 2 amide bonds. The van der Waals surface area contributed by atoms with E-state index >= 15 is 0 Å². The Balaban J connectivity index is 1.82. The molecule has 0 unspecified atom stereocenters. The predicted molar refractivity (Wildman–Crippen MR) is 85.7 cm³/mol. The molecule has 22 heavy (non-hydrogen) atoms. The fourth-order valence-corrected chi connectivity index (χ4v) is 2.74. The third-order valence-corrected chi connectivity index (χ3v) is 4.04. The van der Waals surface area contributed by atoms with Crippen LogP contribution in [0.15, 0.2) is 18.2 Å². The fourth-order valence-electron chi connectivity index (χ4n) is 2.00. The summed E-state index contributed by atoms with van der Waals surface area (Å²) in [4.78, 5) is 35.0. The Morgan fingerprint density at radius 2 is 2.27 bits per heavy atom. The molecule has 1 fully saturated rings. The molecule has 1 N–H and O–H groups in total. The number of benzene rings is 1. The van der Waals surface area contributed by atoms with Gasteiger partial charge in [0.1, 0.15) is 6.61 Å². The van der Waals surface area contributed by atoms with E-state index < -0.39 is 4.92 Å². The molecule has 1 aromatic carbocycles. The number of hydrogen-bond donors (Lipinski definition) is 1. The largest absolute Gasteiger partial charge is 0.448 e. The summed E-state index contributed by atoms with van der Waals surface area (Å²) in [5.74, 6) is -0.289. The Hall–Kier alpha value is -1.91. The summed E-state index contributed by atoms with van der Waals surface area (Å²) < 4.78 is 5.32. The van der Waals surface area contributed by atoms with E-state index in [9.17, 15) is 19.7 Å². The van der Waals surface area contributed by atoms with Crippen LogP contribution in [0, 0.1) is 13.7 Å². The third-order valence-electron chi connectivity index (χ3n) is 3.14.